The summed E-state index contributed by atoms with van der Waals surface area (Å²) in [4.78, 5) is 37.5. The number of alkyl halides is 2. The summed E-state index contributed by atoms with van der Waals surface area (Å²) in [6.45, 7) is 10.0. The summed E-state index contributed by atoms with van der Waals surface area (Å²) in [6.07, 6.45) is 7.69. The fourth-order valence-electron chi connectivity index (χ4n) is 6.83. The van der Waals surface area contributed by atoms with Crippen LogP contribution in [0, 0.1) is 0 Å². The molecule has 0 radical (unpaired) electrons. The number of hydrogen-bond donors (Lipinski definition) is 2. The molecule has 2 aliphatic carbocycles. The lowest BCUT2D eigenvalue weighted by Crippen LogP contribution is -2.49. The molecular weight excluding hydrogens is 697 g/mol. The highest BCUT2D eigenvalue weighted by Crippen LogP contribution is 2.57. The number of methoxy groups -OCH3 is 1. The Morgan fingerprint density at radius 2 is 1.62 bits per heavy atom. The molecule has 0 saturated heterocycles. The quantitative estimate of drug-likeness (QED) is 0.230. The maximum Gasteiger partial charge on any atom is 0.476 e. The van der Waals surface area contributed by atoms with Crippen molar-refractivity contribution in [2.45, 2.75) is 135 Å². The molecule has 1 aromatic heterocycles. The van der Waals surface area contributed by atoms with Crippen LogP contribution in [0.15, 0.2) is 24.4 Å². The number of nitrogens with zero attached hydrogens (tertiary/aromatic N) is 4. The number of ether oxygens (including phenoxy) is 1. The van der Waals surface area contributed by atoms with Crippen LogP contribution in [-0.4, -0.2) is 77.8 Å². The molecule has 3 aliphatic rings. The van der Waals surface area contributed by atoms with Gasteiger partial charge < -0.3 is 25.2 Å². The number of aromatic nitrogens is 2. The Morgan fingerprint density at radius 1 is 0.981 bits per heavy atom. The molecule has 1 aliphatic heterocycles. The van der Waals surface area contributed by atoms with Gasteiger partial charge in [0.2, 0.25) is 5.95 Å². The molecule has 2 heterocycles. The van der Waals surface area contributed by atoms with Crippen LogP contribution < -0.4 is 25.2 Å². The highest BCUT2D eigenvalue weighted by Gasteiger charge is 2.49. The molecule has 0 spiro atoms. The Hall–Kier alpha value is -3.39. The van der Waals surface area contributed by atoms with Crippen LogP contribution in [0.1, 0.15) is 110 Å². The fourth-order valence-corrected chi connectivity index (χ4v) is 8.87. The zero-order valence-electron chi connectivity index (χ0n) is 31.5. The molecule has 2 fully saturated rings. The van der Waals surface area contributed by atoms with Gasteiger partial charge in [-0.15, -0.1) is 0 Å². The fraction of sp³-hybridized carbons (Fsp3) is 0.667. The van der Waals surface area contributed by atoms with Crippen molar-refractivity contribution in [1.29, 1.82) is 0 Å². The van der Waals surface area contributed by atoms with Gasteiger partial charge in [0.05, 0.1) is 42.8 Å². The van der Waals surface area contributed by atoms with Crippen molar-refractivity contribution < 1.29 is 41.2 Å². The lowest BCUT2D eigenvalue weighted by molar-refractivity contribution is -0.140. The first-order chi connectivity index (χ1) is 24.3. The largest absolute Gasteiger partial charge is 0.495 e. The van der Waals surface area contributed by atoms with E-state index in [1.54, 1.807) is 64.6 Å². The summed E-state index contributed by atoms with van der Waals surface area (Å²) in [5, 5.41) is 6.19. The van der Waals surface area contributed by atoms with Crippen LogP contribution in [0.25, 0.3) is 0 Å². The van der Waals surface area contributed by atoms with Crippen molar-refractivity contribution in [2.24, 2.45) is 0 Å². The van der Waals surface area contributed by atoms with E-state index in [1.165, 1.54) is 20.4 Å². The van der Waals surface area contributed by atoms with Gasteiger partial charge in [0, 0.05) is 24.7 Å². The SMILES string of the molecule is COc1cc(C(=O)NC2CCC(OP(=O)(OC(C)(C)C)OC(C)(C)C)CC2)ccc1Nc1ncc2c(n1)N(C1CCCCC1)CC(F)(F)C(=O)N2C. The third-order valence-electron chi connectivity index (χ3n) is 9.15. The molecule has 2 saturated carbocycles. The first-order valence-electron chi connectivity index (χ1n) is 18.0. The molecular formula is C36H53F2N6O7P. The van der Waals surface area contributed by atoms with E-state index in [9.17, 15) is 14.2 Å². The number of benzene rings is 1. The van der Waals surface area contributed by atoms with Crippen molar-refractivity contribution in [3.63, 3.8) is 0 Å². The molecule has 5 rings (SSSR count). The number of nitrogens with one attached hydrogen (secondary N) is 2. The number of carbonyl (C=O) groups is 2. The second-order valence-corrected chi connectivity index (χ2v) is 17.3. The van der Waals surface area contributed by atoms with Crippen molar-refractivity contribution in [3.05, 3.63) is 30.0 Å². The summed E-state index contributed by atoms with van der Waals surface area (Å²) in [6, 6.07) is 4.60. The Bertz CT molecular complexity index is 1630. The van der Waals surface area contributed by atoms with Gasteiger partial charge in [0.25, 0.3) is 11.8 Å². The van der Waals surface area contributed by atoms with Crippen molar-refractivity contribution in [3.8, 4) is 5.75 Å². The molecule has 2 N–H and O–H groups in total. The number of hydrogen-bond acceptors (Lipinski definition) is 11. The van der Waals surface area contributed by atoms with Gasteiger partial charge in [-0.25, -0.2) is 9.55 Å². The minimum atomic E-state index is -3.86. The summed E-state index contributed by atoms with van der Waals surface area (Å²) in [5.41, 5.74) is -0.428. The van der Waals surface area contributed by atoms with Gasteiger partial charge in [-0.1, -0.05) is 19.3 Å². The van der Waals surface area contributed by atoms with Gasteiger partial charge in [-0.2, -0.15) is 13.8 Å². The molecule has 13 nitrogen and oxygen atoms in total. The molecule has 52 heavy (non-hydrogen) atoms. The van der Waals surface area contributed by atoms with E-state index in [0.29, 0.717) is 42.7 Å². The normalized spacial score (nSPS) is 21.7. The zero-order chi connectivity index (χ0) is 38.1. The minimum absolute atomic E-state index is 0.125. The van der Waals surface area contributed by atoms with E-state index < -0.39 is 37.4 Å². The first kappa shape index (κ1) is 39.8. The molecule has 288 valence electrons. The topological polar surface area (TPSA) is 144 Å². The summed E-state index contributed by atoms with van der Waals surface area (Å²) in [7, 11) is -1.07. The van der Waals surface area contributed by atoms with Crippen molar-refractivity contribution in [2.75, 3.05) is 35.8 Å². The van der Waals surface area contributed by atoms with Gasteiger partial charge in [-0.3, -0.25) is 23.2 Å². The van der Waals surface area contributed by atoms with Crippen LogP contribution >= 0.6 is 7.82 Å². The molecule has 0 atom stereocenters. The third kappa shape index (κ3) is 9.97. The van der Waals surface area contributed by atoms with E-state index in [-0.39, 0.29) is 41.5 Å². The molecule has 0 bridgehead atoms. The minimum Gasteiger partial charge on any atom is -0.495 e. The lowest BCUT2D eigenvalue weighted by Gasteiger charge is -2.35. The average molecular weight is 751 g/mol. The van der Waals surface area contributed by atoms with Crippen LogP contribution in [0.5, 0.6) is 5.75 Å². The standard InChI is InChI=1S/C36H53F2N6O7P/c1-34(2,3)50-52(47,51-35(4,5)6)49-26-17-15-24(16-18-26)40-31(45)23-14-19-27(29(20-23)48-8)41-33-39-21-28-30(42-33)44(25-12-10-9-11-13-25)22-36(37,38)32(46)43(28)7/h14,19-21,24-26H,9-13,15-18,22H2,1-8H3,(H,40,45)(H,39,41,42). The number of amides is 2. The lowest BCUT2D eigenvalue weighted by atomic mass is 9.93. The summed E-state index contributed by atoms with van der Waals surface area (Å²) >= 11 is 0. The maximum atomic E-state index is 15.1. The predicted octanol–water partition coefficient (Wildman–Crippen LogP) is 7.78. The summed E-state index contributed by atoms with van der Waals surface area (Å²) < 4.78 is 66.8. The van der Waals surface area contributed by atoms with Crippen LogP contribution in [0.3, 0.4) is 0 Å². The highest BCUT2D eigenvalue weighted by atomic mass is 31.2. The number of phosphoric ester groups is 1. The number of anilines is 4. The highest BCUT2D eigenvalue weighted by molar-refractivity contribution is 7.48. The van der Waals surface area contributed by atoms with Crippen molar-refractivity contribution >= 4 is 42.8 Å². The van der Waals surface area contributed by atoms with Gasteiger partial charge in [0.15, 0.2) is 5.82 Å². The molecule has 2 amide bonds. The maximum absolute atomic E-state index is 15.1. The van der Waals surface area contributed by atoms with Crippen LogP contribution in [0.4, 0.5) is 31.9 Å². The van der Waals surface area contributed by atoms with Gasteiger partial charge in [-0.05, 0) is 98.3 Å². The Balaban J connectivity index is 1.25. The molecule has 2 aromatic rings. The number of phosphoric acid groups is 1. The van der Waals surface area contributed by atoms with Gasteiger partial charge >= 0.3 is 13.7 Å². The predicted molar refractivity (Wildman–Crippen MR) is 195 cm³/mol. The monoisotopic (exact) mass is 750 g/mol. The Kier molecular flexibility index (Phi) is 11.9. The van der Waals surface area contributed by atoms with E-state index in [0.717, 1.165) is 37.0 Å². The number of carbonyl (C=O) groups excluding carboxylic acids is 2. The van der Waals surface area contributed by atoms with Crippen LogP contribution in [0.2, 0.25) is 0 Å². The van der Waals surface area contributed by atoms with E-state index >= 15 is 8.78 Å². The number of halogens is 2. The number of fused-ring (bicyclic) bond motifs is 1. The zero-order valence-corrected chi connectivity index (χ0v) is 32.4. The third-order valence-corrected chi connectivity index (χ3v) is 11.3. The van der Waals surface area contributed by atoms with E-state index in [4.69, 9.17) is 18.3 Å². The molecule has 0 unspecified atom stereocenters. The summed E-state index contributed by atoms with van der Waals surface area (Å²) in [5.74, 6) is -4.43. The first-order valence-corrected chi connectivity index (χ1v) is 19.5. The van der Waals surface area contributed by atoms with Gasteiger partial charge in [0.1, 0.15) is 11.4 Å². The molecule has 1 aromatic carbocycles. The number of rotatable bonds is 10. The van der Waals surface area contributed by atoms with E-state index in [1.807, 2.05) is 0 Å². The average Bonchev–Trinajstić information content (AvgIpc) is 3.12. The Labute approximate surface area is 305 Å². The van der Waals surface area contributed by atoms with Crippen LogP contribution in [-0.2, 0) is 22.9 Å². The second kappa shape index (κ2) is 15.5. The smallest absolute Gasteiger partial charge is 0.476 e. The van der Waals surface area contributed by atoms with Crippen molar-refractivity contribution in [1.82, 2.24) is 15.3 Å². The van der Waals surface area contributed by atoms with E-state index in [2.05, 4.69) is 20.6 Å². The Morgan fingerprint density at radius 3 is 2.21 bits per heavy atom. The second-order valence-electron chi connectivity index (χ2n) is 15.8. The molecule has 16 heteroatoms.